The molecular weight excluding hydrogens is 560 g/mol. The smallest absolute Gasteiger partial charge is 0.127 e. The van der Waals surface area contributed by atoms with E-state index in [1.165, 1.54) is 11.1 Å². The van der Waals surface area contributed by atoms with Crippen molar-refractivity contribution in [3.8, 4) is 0 Å². The highest BCUT2D eigenvalue weighted by Crippen LogP contribution is 2.50. The van der Waals surface area contributed by atoms with Crippen molar-refractivity contribution < 1.29 is 9.78 Å². The van der Waals surface area contributed by atoms with Crippen molar-refractivity contribution in [2.45, 2.75) is 117 Å². The molecule has 0 fully saturated rings. The van der Waals surface area contributed by atoms with Crippen LogP contribution in [0.3, 0.4) is 0 Å². The van der Waals surface area contributed by atoms with E-state index < -0.39 is 11.2 Å². The summed E-state index contributed by atoms with van der Waals surface area (Å²) in [4.78, 5) is 14.0. The molecule has 0 spiro atoms. The lowest BCUT2D eigenvalue weighted by molar-refractivity contribution is -0.423. The van der Waals surface area contributed by atoms with Crippen molar-refractivity contribution in [2.24, 2.45) is 10.8 Å². The van der Waals surface area contributed by atoms with Gasteiger partial charge in [0.25, 0.3) is 0 Å². The second-order valence-corrected chi connectivity index (χ2v) is 17.0. The quantitative estimate of drug-likeness (QED) is 0.110. The molecule has 0 radical (unpaired) electrons. The van der Waals surface area contributed by atoms with Gasteiger partial charge in [-0.3, -0.25) is 0 Å². The van der Waals surface area contributed by atoms with Crippen LogP contribution in [0.2, 0.25) is 0 Å². The summed E-state index contributed by atoms with van der Waals surface area (Å²) in [7, 11) is 0. The van der Waals surface area contributed by atoms with Crippen LogP contribution in [0.1, 0.15) is 117 Å². The predicted octanol–water partition coefficient (Wildman–Crippen LogP) is 12.3. The van der Waals surface area contributed by atoms with Crippen LogP contribution in [0.5, 0.6) is 0 Å². The fraction of sp³-hybridized carbons (Fsp3) is 0.455. The Morgan fingerprint density at radius 2 is 0.565 bits per heavy atom. The first-order valence-corrected chi connectivity index (χ1v) is 17.0. The zero-order valence-electron chi connectivity index (χ0n) is 30.2. The summed E-state index contributed by atoms with van der Waals surface area (Å²) in [5.74, 6) is 0. The largest absolute Gasteiger partial charge is 0.225 e. The zero-order valence-corrected chi connectivity index (χ0v) is 30.2. The van der Waals surface area contributed by atoms with Crippen molar-refractivity contribution in [2.75, 3.05) is 0 Å². The topological polar surface area (TPSA) is 18.5 Å². The lowest BCUT2D eigenvalue weighted by atomic mass is 9.65. The maximum absolute atomic E-state index is 6.98. The third-order valence-electron chi connectivity index (χ3n) is 9.42. The van der Waals surface area contributed by atoms with Crippen molar-refractivity contribution in [1.82, 2.24) is 0 Å². The Balaban J connectivity index is 1.80. The van der Waals surface area contributed by atoms with E-state index in [2.05, 4.69) is 191 Å². The molecule has 0 aliphatic heterocycles. The van der Waals surface area contributed by atoms with E-state index in [1.54, 1.807) is 0 Å². The lowest BCUT2D eigenvalue weighted by Crippen LogP contribution is -2.43. The molecule has 246 valence electrons. The van der Waals surface area contributed by atoms with E-state index in [4.69, 9.17) is 9.78 Å². The summed E-state index contributed by atoms with van der Waals surface area (Å²) >= 11 is 0. The molecule has 0 aromatic heterocycles. The average molecular weight is 619 g/mol. The summed E-state index contributed by atoms with van der Waals surface area (Å²) in [5, 5.41) is 0. The first kappa shape index (κ1) is 35.7. The highest BCUT2D eigenvalue weighted by molar-refractivity contribution is 5.31. The summed E-state index contributed by atoms with van der Waals surface area (Å²) in [6, 6.07) is 43.2. The number of rotatable bonds is 13. The molecule has 0 bridgehead atoms. The Labute approximate surface area is 280 Å². The Morgan fingerprint density at radius 1 is 0.326 bits per heavy atom. The van der Waals surface area contributed by atoms with Crippen LogP contribution in [0.4, 0.5) is 0 Å². The number of benzene rings is 4. The van der Waals surface area contributed by atoms with Crippen LogP contribution in [-0.2, 0) is 31.8 Å². The molecule has 4 aromatic rings. The monoisotopic (exact) mass is 618 g/mol. The fourth-order valence-corrected chi connectivity index (χ4v) is 8.17. The molecular formula is C44H58O2. The van der Waals surface area contributed by atoms with Gasteiger partial charge in [-0.1, -0.05) is 177 Å². The van der Waals surface area contributed by atoms with Gasteiger partial charge in [-0.25, -0.2) is 9.78 Å². The van der Waals surface area contributed by atoms with Gasteiger partial charge in [0.15, 0.2) is 0 Å². The van der Waals surface area contributed by atoms with Crippen LogP contribution in [0.15, 0.2) is 121 Å². The SMILES string of the molecule is CC(C)(C)CC(C)(CC(C)(OOC(C)(CC(C)(CC(C)(C)C)c1ccccc1)c1ccccc1)c1ccccc1)c1ccccc1. The fourth-order valence-electron chi connectivity index (χ4n) is 8.17. The van der Waals surface area contributed by atoms with Crippen molar-refractivity contribution in [1.29, 1.82) is 0 Å². The molecule has 4 atom stereocenters. The summed E-state index contributed by atoms with van der Waals surface area (Å²) in [6.45, 7) is 23.2. The second-order valence-electron chi connectivity index (χ2n) is 17.0. The lowest BCUT2D eigenvalue weighted by Gasteiger charge is -2.46. The first-order chi connectivity index (χ1) is 21.5. The summed E-state index contributed by atoms with van der Waals surface area (Å²) in [5.41, 5.74) is 3.33. The predicted molar refractivity (Wildman–Crippen MR) is 195 cm³/mol. The van der Waals surface area contributed by atoms with E-state index in [-0.39, 0.29) is 21.7 Å². The van der Waals surface area contributed by atoms with Crippen molar-refractivity contribution in [3.63, 3.8) is 0 Å². The van der Waals surface area contributed by atoms with Gasteiger partial charge in [-0.15, -0.1) is 0 Å². The number of hydrogen-bond donors (Lipinski definition) is 0. The molecule has 0 aliphatic rings. The van der Waals surface area contributed by atoms with Gasteiger partial charge in [-0.2, -0.15) is 0 Å². The molecule has 0 saturated carbocycles. The van der Waals surface area contributed by atoms with E-state index in [0.29, 0.717) is 0 Å². The molecule has 2 heteroatoms. The van der Waals surface area contributed by atoms with Gasteiger partial charge in [0.2, 0.25) is 0 Å². The van der Waals surface area contributed by atoms with Crippen LogP contribution < -0.4 is 0 Å². The minimum atomic E-state index is -0.722. The maximum Gasteiger partial charge on any atom is 0.127 e. The van der Waals surface area contributed by atoms with Gasteiger partial charge in [-0.05, 0) is 83.4 Å². The normalized spacial score (nSPS) is 17.7. The van der Waals surface area contributed by atoms with Gasteiger partial charge in [0.1, 0.15) is 11.2 Å². The van der Waals surface area contributed by atoms with Crippen LogP contribution in [0, 0.1) is 10.8 Å². The Morgan fingerprint density at radius 3 is 0.804 bits per heavy atom. The molecule has 0 saturated heterocycles. The van der Waals surface area contributed by atoms with Crippen molar-refractivity contribution in [3.05, 3.63) is 144 Å². The summed E-state index contributed by atoms with van der Waals surface area (Å²) in [6.07, 6.45) is 3.52. The third-order valence-corrected chi connectivity index (χ3v) is 9.42. The molecule has 0 amide bonds. The van der Waals surface area contributed by atoms with E-state index in [0.717, 1.165) is 36.8 Å². The molecule has 2 nitrogen and oxygen atoms in total. The molecule has 0 heterocycles. The number of hydrogen-bond acceptors (Lipinski definition) is 2. The van der Waals surface area contributed by atoms with E-state index in [9.17, 15) is 0 Å². The van der Waals surface area contributed by atoms with Gasteiger partial charge < -0.3 is 0 Å². The van der Waals surface area contributed by atoms with Crippen LogP contribution in [0.25, 0.3) is 0 Å². The highest BCUT2D eigenvalue weighted by atomic mass is 17.2. The standard InChI is InChI=1S/C44H58O2/c1-39(2,3)31-41(7,35-23-15-11-16-24-35)33-43(9,37-27-19-13-20-28-37)45-46-44(10,38-29-21-14-22-30-38)34-42(8,32-40(4,5)6)36-25-17-12-18-26-36/h11-30H,31-34H2,1-10H3. The minimum Gasteiger partial charge on any atom is -0.225 e. The average Bonchev–Trinajstić information content (AvgIpc) is 3.00. The van der Waals surface area contributed by atoms with Gasteiger partial charge >= 0.3 is 0 Å². The highest BCUT2D eigenvalue weighted by Gasteiger charge is 2.46. The first-order valence-electron chi connectivity index (χ1n) is 17.0. The molecule has 46 heavy (non-hydrogen) atoms. The van der Waals surface area contributed by atoms with Crippen LogP contribution >= 0.6 is 0 Å². The van der Waals surface area contributed by atoms with E-state index in [1.807, 2.05) is 0 Å². The van der Waals surface area contributed by atoms with Crippen molar-refractivity contribution >= 4 is 0 Å². The van der Waals surface area contributed by atoms with Gasteiger partial charge in [0.05, 0.1) is 0 Å². The van der Waals surface area contributed by atoms with Gasteiger partial charge in [0, 0.05) is 0 Å². The third kappa shape index (κ3) is 9.20. The maximum atomic E-state index is 6.98. The van der Waals surface area contributed by atoms with Crippen LogP contribution in [-0.4, -0.2) is 0 Å². The summed E-state index contributed by atoms with van der Waals surface area (Å²) < 4.78 is 0. The molecule has 0 aliphatic carbocycles. The van der Waals surface area contributed by atoms with E-state index >= 15 is 0 Å². The molecule has 0 N–H and O–H groups in total. The molecule has 4 rings (SSSR count). The minimum absolute atomic E-state index is 0.117. The Kier molecular flexibility index (Phi) is 10.8. The zero-order chi connectivity index (χ0) is 33.7. The second kappa shape index (κ2) is 13.9. The molecule has 4 unspecified atom stereocenters. The molecule has 4 aromatic carbocycles. The Hall–Kier alpha value is -3.20. The Bertz CT molecular complexity index is 1370.